The van der Waals surface area contributed by atoms with E-state index < -0.39 is 0 Å². The van der Waals surface area contributed by atoms with E-state index in [-0.39, 0.29) is 17.7 Å². The van der Waals surface area contributed by atoms with E-state index >= 15 is 0 Å². The predicted octanol–water partition coefficient (Wildman–Crippen LogP) is 1.53. The number of nitrogens with two attached hydrogens (primary N) is 1. The van der Waals surface area contributed by atoms with Crippen LogP contribution in [0.1, 0.15) is 19.3 Å². The molecule has 4 rings (SSSR count). The number of aromatic nitrogens is 1. The maximum absolute atomic E-state index is 13.0. The highest BCUT2D eigenvalue weighted by molar-refractivity contribution is 7.22. The Balaban J connectivity index is 1.31. The van der Waals surface area contributed by atoms with Crippen LogP contribution in [0.15, 0.2) is 24.3 Å². The maximum atomic E-state index is 13.0. The molecule has 0 radical (unpaired) electrons. The molecule has 2 aliphatic heterocycles. The van der Waals surface area contributed by atoms with Crippen molar-refractivity contribution in [3.63, 3.8) is 0 Å². The quantitative estimate of drug-likeness (QED) is 0.822. The third-order valence-electron chi connectivity index (χ3n) is 5.67. The van der Waals surface area contributed by atoms with Crippen LogP contribution < -0.4 is 10.6 Å². The van der Waals surface area contributed by atoms with E-state index in [9.17, 15) is 9.59 Å². The summed E-state index contributed by atoms with van der Waals surface area (Å²) in [5, 5.41) is 1.04. The second-order valence-electron chi connectivity index (χ2n) is 7.63. The number of nitrogens with zero attached hydrogens (tertiary/aromatic N) is 4. The van der Waals surface area contributed by atoms with Crippen molar-refractivity contribution < 1.29 is 9.59 Å². The largest absolute Gasteiger partial charge is 0.370 e. The van der Waals surface area contributed by atoms with Gasteiger partial charge in [-0.2, -0.15) is 0 Å². The van der Waals surface area contributed by atoms with Gasteiger partial charge in [-0.05, 0) is 31.5 Å². The molecule has 150 valence electrons. The molecule has 0 spiro atoms. The molecule has 2 fully saturated rings. The smallest absolute Gasteiger partial charge is 0.227 e. The summed E-state index contributed by atoms with van der Waals surface area (Å²) in [6, 6.07) is 8.20. The lowest BCUT2D eigenvalue weighted by atomic mass is 9.96. The first kappa shape index (κ1) is 19.1. The second-order valence-corrected chi connectivity index (χ2v) is 8.64. The number of thiazole rings is 1. The Hall–Kier alpha value is -2.19. The first-order chi connectivity index (χ1) is 13.6. The number of hydrogen-bond donors (Lipinski definition) is 1. The van der Waals surface area contributed by atoms with Crippen LogP contribution in [0.4, 0.5) is 5.13 Å². The molecule has 1 aromatic carbocycles. The van der Waals surface area contributed by atoms with Gasteiger partial charge in [0, 0.05) is 45.7 Å². The average molecular weight is 402 g/mol. The molecule has 0 bridgehead atoms. The van der Waals surface area contributed by atoms with E-state index in [4.69, 9.17) is 10.7 Å². The van der Waals surface area contributed by atoms with Crippen molar-refractivity contribution in [2.75, 3.05) is 50.7 Å². The summed E-state index contributed by atoms with van der Waals surface area (Å²) >= 11 is 1.72. The highest BCUT2D eigenvalue weighted by Crippen LogP contribution is 2.29. The van der Waals surface area contributed by atoms with E-state index in [1.807, 2.05) is 23.1 Å². The van der Waals surface area contributed by atoms with E-state index in [0.29, 0.717) is 13.0 Å². The number of piperidine rings is 1. The molecule has 8 heteroatoms. The summed E-state index contributed by atoms with van der Waals surface area (Å²) in [6.07, 6.45) is 2.30. The molecule has 2 N–H and O–H groups in total. The van der Waals surface area contributed by atoms with E-state index in [1.54, 1.807) is 11.3 Å². The molecule has 0 aliphatic carbocycles. The lowest BCUT2D eigenvalue weighted by molar-refractivity contribution is -0.137. The van der Waals surface area contributed by atoms with E-state index in [2.05, 4.69) is 15.9 Å². The maximum Gasteiger partial charge on any atom is 0.227 e. The number of likely N-dealkylation sites (tertiary alicyclic amines) is 1. The van der Waals surface area contributed by atoms with Crippen LogP contribution in [0.3, 0.4) is 0 Å². The fraction of sp³-hybridized carbons (Fsp3) is 0.550. The minimum Gasteiger partial charge on any atom is -0.370 e. The number of hydrogen-bond acceptors (Lipinski definition) is 6. The first-order valence-corrected chi connectivity index (χ1v) is 10.8. The Morgan fingerprint density at radius 2 is 1.93 bits per heavy atom. The number of fused-ring (bicyclic) bond motifs is 1. The van der Waals surface area contributed by atoms with Crippen LogP contribution >= 0.6 is 11.3 Å². The molecule has 2 aromatic rings. The Morgan fingerprint density at radius 1 is 1.14 bits per heavy atom. The SMILES string of the molecule is NC(=O)CCN1CCCC(C(=O)N2CCN(c3nc4ccccc4s3)CC2)C1. The van der Waals surface area contributed by atoms with Gasteiger partial charge in [-0.3, -0.25) is 9.59 Å². The number of carbonyl (C=O) groups is 2. The van der Waals surface area contributed by atoms with Gasteiger partial charge < -0.3 is 20.4 Å². The summed E-state index contributed by atoms with van der Waals surface area (Å²) in [5.74, 6) is 0.0165. The monoisotopic (exact) mass is 401 g/mol. The van der Waals surface area contributed by atoms with Crippen LogP contribution in [0.25, 0.3) is 10.2 Å². The van der Waals surface area contributed by atoms with Gasteiger partial charge in [0.15, 0.2) is 5.13 Å². The van der Waals surface area contributed by atoms with E-state index in [1.165, 1.54) is 4.70 Å². The van der Waals surface area contributed by atoms with E-state index in [0.717, 1.165) is 62.8 Å². The minimum atomic E-state index is -0.278. The van der Waals surface area contributed by atoms with Gasteiger partial charge in [0.2, 0.25) is 11.8 Å². The van der Waals surface area contributed by atoms with Crippen molar-refractivity contribution in [1.82, 2.24) is 14.8 Å². The topological polar surface area (TPSA) is 82.8 Å². The van der Waals surface area contributed by atoms with Gasteiger partial charge in [0.1, 0.15) is 0 Å². The fourth-order valence-corrected chi connectivity index (χ4v) is 5.12. The van der Waals surface area contributed by atoms with Crippen molar-refractivity contribution in [3.05, 3.63) is 24.3 Å². The zero-order valence-corrected chi connectivity index (χ0v) is 16.9. The van der Waals surface area contributed by atoms with Gasteiger partial charge in [-0.1, -0.05) is 23.5 Å². The zero-order valence-electron chi connectivity index (χ0n) is 16.0. The number of para-hydroxylation sites is 1. The summed E-state index contributed by atoms with van der Waals surface area (Å²) in [4.78, 5) is 35.3. The number of amides is 2. The Bertz CT molecular complexity index is 813. The van der Waals surface area contributed by atoms with Gasteiger partial charge >= 0.3 is 0 Å². The summed E-state index contributed by atoms with van der Waals surface area (Å²) in [6.45, 7) is 5.48. The highest BCUT2D eigenvalue weighted by Gasteiger charge is 2.31. The summed E-state index contributed by atoms with van der Waals surface area (Å²) in [5.41, 5.74) is 6.30. The van der Waals surface area contributed by atoms with Gasteiger partial charge in [0.25, 0.3) is 0 Å². The van der Waals surface area contributed by atoms with Crippen molar-refractivity contribution in [2.45, 2.75) is 19.3 Å². The summed E-state index contributed by atoms with van der Waals surface area (Å²) in [7, 11) is 0. The molecule has 1 aromatic heterocycles. The summed E-state index contributed by atoms with van der Waals surface area (Å²) < 4.78 is 1.20. The number of rotatable bonds is 5. The molecular weight excluding hydrogens is 374 g/mol. The third-order valence-corrected chi connectivity index (χ3v) is 6.77. The van der Waals surface area contributed by atoms with Gasteiger partial charge in [-0.15, -0.1) is 0 Å². The van der Waals surface area contributed by atoms with Gasteiger partial charge in [-0.25, -0.2) is 4.98 Å². The van der Waals surface area contributed by atoms with Crippen molar-refractivity contribution >= 4 is 38.5 Å². The lowest BCUT2D eigenvalue weighted by Crippen LogP contribution is -2.52. The Morgan fingerprint density at radius 3 is 2.68 bits per heavy atom. The highest BCUT2D eigenvalue weighted by atomic mass is 32.1. The average Bonchev–Trinajstić information content (AvgIpc) is 3.16. The molecule has 1 atom stereocenters. The Kier molecular flexibility index (Phi) is 5.77. The van der Waals surface area contributed by atoms with Crippen molar-refractivity contribution in [1.29, 1.82) is 0 Å². The molecule has 28 heavy (non-hydrogen) atoms. The molecule has 7 nitrogen and oxygen atoms in total. The van der Waals surface area contributed by atoms with Crippen LogP contribution in [0, 0.1) is 5.92 Å². The van der Waals surface area contributed by atoms with Crippen LogP contribution in [0.5, 0.6) is 0 Å². The number of primary amides is 1. The van der Waals surface area contributed by atoms with Crippen molar-refractivity contribution in [2.24, 2.45) is 11.7 Å². The molecule has 2 aliphatic rings. The van der Waals surface area contributed by atoms with Crippen LogP contribution in [-0.2, 0) is 9.59 Å². The molecular formula is C20H27N5O2S. The van der Waals surface area contributed by atoms with Crippen LogP contribution in [0.2, 0.25) is 0 Å². The number of benzene rings is 1. The predicted molar refractivity (Wildman–Crippen MR) is 111 cm³/mol. The molecule has 0 saturated carbocycles. The van der Waals surface area contributed by atoms with Crippen molar-refractivity contribution in [3.8, 4) is 0 Å². The van der Waals surface area contributed by atoms with Gasteiger partial charge in [0.05, 0.1) is 16.1 Å². The third kappa shape index (κ3) is 4.28. The fourth-order valence-electron chi connectivity index (χ4n) is 4.10. The number of carbonyl (C=O) groups excluding carboxylic acids is 2. The minimum absolute atomic E-state index is 0.0376. The zero-order chi connectivity index (χ0) is 19.5. The lowest BCUT2D eigenvalue weighted by Gasteiger charge is -2.39. The standard InChI is InChI=1S/C20H27N5O2S/c21-18(26)7-9-23-8-3-4-15(14-23)19(27)24-10-12-25(13-11-24)20-22-16-5-1-2-6-17(16)28-20/h1-2,5-6,15H,3-4,7-14H2,(H2,21,26). The Labute approximate surface area is 169 Å². The molecule has 2 saturated heterocycles. The molecule has 3 heterocycles. The normalized spacial score (nSPS) is 21.2. The first-order valence-electron chi connectivity index (χ1n) is 10.00. The second kappa shape index (κ2) is 8.45. The number of anilines is 1. The molecule has 2 amide bonds. The number of piperazine rings is 1. The van der Waals surface area contributed by atoms with Crippen LogP contribution in [-0.4, -0.2) is 72.4 Å². The molecule has 1 unspecified atom stereocenters.